The average Bonchev–Trinajstić information content (AvgIpc) is 2.80. The number of nitrogens with one attached hydrogen (secondary N) is 2. The maximum atomic E-state index is 10.6. The Kier molecular flexibility index (Phi) is 11.2. The fourth-order valence-corrected chi connectivity index (χ4v) is 1.79. The molecule has 0 saturated carbocycles. The normalized spacial score (nSPS) is 10.0. The van der Waals surface area contributed by atoms with Crippen molar-refractivity contribution in [3.63, 3.8) is 0 Å². The molecule has 0 unspecified atom stereocenters. The molecule has 10 nitrogen and oxygen atoms in total. The molecule has 2 amide bonds. The quantitative estimate of drug-likeness (QED) is 0.552. The largest absolute Gasteiger partial charge is 0.497 e. The van der Waals surface area contributed by atoms with E-state index in [9.17, 15) is 9.59 Å². The molecule has 10 heteroatoms. The number of hydrazone groups is 2. The van der Waals surface area contributed by atoms with Crippen LogP contribution in [0.4, 0.5) is 9.59 Å². The summed E-state index contributed by atoms with van der Waals surface area (Å²) in [6, 6.07) is 14.5. The zero-order valence-corrected chi connectivity index (χ0v) is 17.1. The third kappa shape index (κ3) is 9.74. The summed E-state index contributed by atoms with van der Waals surface area (Å²) in [7, 11) is 5.75. The molecule has 0 bridgehead atoms. The lowest BCUT2D eigenvalue weighted by Crippen LogP contribution is -2.16. The number of nitrogens with zero attached hydrogens (tertiary/aromatic N) is 2. The number of carbonyl (C=O) groups is 2. The van der Waals surface area contributed by atoms with E-state index in [1.807, 2.05) is 24.3 Å². The predicted molar refractivity (Wildman–Crippen MR) is 112 cm³/mol. The van der Waals surface area contributed by atoms with E-state index < -0.39 is 12.2 Å². The van der Waals surface area contributed by atoms with E-state index in [-0.39, 0.29) is 0 Å². The third-order valence-electron chi connectivity index (χ3n) is 3.34. The number of hydrogen-bond acceptors (Lipinski definition) is 8. The summed E-state index contributed by atoms with van der Waals surface area (Å²) in [6.07, 6.45) is 1.83. The van der Waals surface area contributed by atoms with Crippen LogP contribution in [-0.4, -0.2) is 53.1 Å². The lowest BCUT2D eigenvalue weighted by molar-refractivity contribution is 0.170. The van der Waals surface area contributed by atoms with Crippen LogP contribution in [0.2, 0.25) is 0 Å². The van der Waals surface area contributed by atoms with E-state index in [0.29, 0.717) is 0 Å². The van der Waals surface area contributed by atoms with Gasteiger partial charge in [-0.15, -0.1) is 0 Å². The molecule has 0 radical (unpaired) electrons. The van der Waals surface area contributed by atoms with Crippen LogP contribution >= 0.6 is 0 Å². The number of hydrogen-bond donors (Lipinski definition) is 2. The Morgan fingerprint density at radius 1 is 0.667 bits per heavy atom. The molecule has 2 N–H and O–H groups in total. The molecular formula is C20H24N4O6. The van der Waals surface area contributed by atoms with E-state index in [2.05, 4.69) is 30.5 Å². The first-order chi connectivity index (χ1) is 14.5. The highest BCUT2D eigenvalue weighted by molar-refractivity contribution is 5.81. The van der Waals surface area contributed by atoms with Gasteiger partial charge in [0.1, 0.15) is 11.5 Å². The molecule has 0 atom stereocenters. The van der Waals surface area contributed by atoms with Crippen molar-refractivity contribution in [3.8, 4) is 11.5 Å². The van der Waals surface area contributed by atoms with Gasteiger partial charge < -0.3 is 18.9 Å². The van der Waals surface area contributed by atoms with Gasteiger partial charge >= 0.3 is 12.2 Å². The first kappa shape index (κ1) is 24.0. The van der Waals surface area contributed by atoms with Crippen molar-refractivity contribution in [1.82, 2.24) is 10.9 Å². The molecule has 2 aromatic rings. The van der Waals surface area contributed by atoms with Gasteiger partial charge in [0.2, 0.25) is 0 Å². The topological polar surface area (TPSA) is 120 Å². The molecule has 0 aliphatic rings. The Hall–Kier alpha value is -4.08. The molecule has 0 fully saturated rings. The molecule has 0 saturated heterocycles. The Labute approximate surface area is 174 Å². The standard InChI is InChI=1S/2C10H12N2O3/c2*1-14-9-5-3-8(4-6-9)7-11-12-10(13)15-2/h2*3-7H,1-2H3,(H,12,13)/b2*11-7+. The smallest absolute Gasteiger partial charge is 0.427 e. The summed E-state index contributed by atoms with van der Waals surface area (Å²) in [5.41, 5.74) is 6.08. The first-order valence-corrected chi connectivity index (χ1v) is 8.54. The molecule has 0 aliphatic heterocycles. The number of amides is 2. The molecule has 0 aliphatic carbocycles. The van der Waals surface area contributed by atoms with Gasteiger partial charge in [-0.3, -0.25) is 0 Å². The van der Waals surface area contributed by atoms with Crippen LogP contribution < -0.4 is 20.3 Å². The Morgan fingerprint density at radius 3 is 1.27 bits per heavy atom. The summed E-state index contributed by atoms with van der Waals surface area (Å²) in [5.74, 6) is 1.54. The molecule has 0 spiro atoms. The minimum atomic E-state index is -0.597. The summed E-state index contributed by atoms with van der Waals surface area (Å²) in [4.78, 5) is 21.3. The zero-order chi connectivity index (χ0) is 22.2. The maximum absolute atomic E-state index is 10.6. The van der Waals surface area contributed by atoms with Crippen molar-refractivity contribution in [3.05, 3.63) is 59.7 Å². The fourth-order valence-electron chi connectivity index (χ4n) is 1.79. The van der Waals surface area contributed by atoms with E-state index in [4.69, 9.17) is 9.47 Å². The van der Waals surface area contributed by atoms with Gasteiger partial charge in [0.05, 0.1) is 40.9 Å². The van der Waals surface area contributed by atoms with Gasteiger partial charge in [0.25, 0.3) is 0 Å². The fraction of sp³-hybridized carbons (Fsp3) is 0.200. The van der Waals surface area contributed by atoms with Crippen LogP contribution in [0.5, 0.6) is 11.5 Å². The molecule has 160 valence electrons. The van der Waals surface area contributed by atoms with Crippen molar-refractivity contribution in [2.75, 3.05) is 28.4 Å². The first-order valence-electron chi connectivity index (χ1n) is 8.54. The average molecular weight is 416 g/mol. The lowest BCUT2D eigenvalue weighted by atomic mass is 10.2. The van der Waals surface area contributed by atoms with E-state index >= 15 is 0 Å². The van der Waals surface area contributed by atoms with Crippen LogP contribution in [0.1, 0.15) is 11.1 Å². The van der Waals surface area contributed by atoms with Crippen LogP contribution in [0.25, 0.3) is 0 Å². The SMILES string of the molecule is COC(=O)N/N=C/c1ccc(OC)cc1.COC(=O)N/N=C/c1ccc(OC)cc1. The number of methoxy groups -OCH3 is 4. The predicted octanol–water partition coefficient (Wildman–Crippen LogP) is 2.77. The van der Waals surface area contributed by atoms with Crippen LogP contribution in [0.15, 0.2) is 58.7 Å². The molecule has 0 aromatic heterocycles. The molecule has 2 aromatic carbocycles. The Bertz CT molecular complexity index is 764. The highest BCUT2D eigenvalue weighted by atomic mass is 16.5. The van der Waals surface area contributed by atoms with Crippen LogP contribution in [0.3, 0.4) is 0 Å². The molecule has 30 heavy (non-hydrogen) atoms. The highest BCUT2D eigenvalue weighted by Crippen LogP contribution is 2.10. The number of carbonyl (C=O) groups excluding carboxylic acids is 2. The third-order valence-corrected chi connectivity index (χ3v) is 3.34. The monoisotopic (exact) mass is 416 g/mol. The summed E-state index contributed by atoms with van der Waals surface area (Å²) in [5, 5.41) is 7.36. The van der Waals surface area contributed by atoms with Crippen LogP contribution in [-0.2, 0) is 9.47 Å². The minimum Gasteiger partial charge on any atom is -0.497 e. The van der Waals surface area contributed by atoms with E-state index in [1.165, 1.54) is 26.6 Å². The van der Waals surface area contributed by atoms with Gasteiger partial charge in [-0.1, -0.05) is 0 Å². The molecule has 2 rings (SSSR count). The number of ether oxygens (including phenoxy) is 4. The second-order valence-electron chi connectivity index (χ2n) is 5.27. The highest BCUT2D eigenvalue weighted by Gasteiger charge is 1.94. The second-order valence-corrected chi connectivity index (χ2v) is 5.27. The zero-order valence-electron chi connectivity index (χ0n) is 17.1. The minimum absolute atomic E-state index is 0.597. The van der Waals surface area contributed by atoms with Gasteiger partial charge in [-0.25, -0.2) is 20.4 Å². The summed E-state index contributed by atoms with van der Waals surface area (Å²) in [6.45, 7) is 0. The van der Waals surface area contributed by atoms with Crippen molar-refractivity contribution in [1.29, 1.82) is 0 Å². The van der Waals surface area contributed by atoms with E-state index in [0.717, 1.165) is 22.6 Å². The summed E-state index contributed by atoms with van der Waals surface area (Å²) >= 11 is 0. The Morgan fingerprint density at radius 2 is 1.00 bits per heavy atom. The van der Waals surface area contributed by atoms with Crippen molar-refractivity contribution >= 4 is 24.6 Å². The summed E-state index contributed by atoms with van der Waals surface area (Å²) < 4.78 is 18.7. The molecule has 0 heterocycles. The van der Waals surface area contributed by atoms with Crippen molar-refractivity contribution in [2.24, 2.45) is 10.2 Å². The van der Waals surface area contributed by atoms with E-state index in [1.54, 1.807) is 38.5 Å². The maximum Gasteiger partial charge on any atom is 0.427 e. The van der Waals surface area contributed by atoms with Crippen LogP contribution in [0, 0.1) is 0 Å². The molecular weight excluding hydrogens is 392 g/mol. The van der Waals surface area contributed by atoms with Gasteiger partial charge in [0, 0.05) is 0 Å². The second kappa shape index (κ2) is 14.0. The van der Waals surface area contributed by atoms with Gasteiger partial charge in [-0.05, 0) is 59.7 Å². The van der Waals surface area contributed by atoms with Gasteiger partial charge in [-0.2, -0.15) is 10.2 Å². The van der Waals surface area contributed by atoms with Crippen molar-refractivity contribution in [2.45, 2.75) is 0 Å². The lowest BCUT2D eigenvalue weighted by Gasteiger charge is -1.99. The Balaban J connectivity index is 0.000000300. The van der Waals surface area contributed by atoms with Crippen molar-refractivity contribution < 1.29 is 28.5 Å². The number of rotatable bonds is 6. The van der Waals surface area contributed by atoms with Gasteiger partial charge in [0.15, 0.2) is 0 Å². The number of benzene rings is 2.